The fourth-order valence-electron chi connectivity index (χ4n) is 1.89. The minimum absolute atomic E-state index is 0.118. The van der Waals surface area contributed by atoms with Gasteiger partial charge in [0.05, 0.1) is 6.04 Å². The predicted molar refractivity (Wildman–Crippen MR) is 74.4 cm³/mol. The van der Waals surface area contributed by atoms with Crippen LogP contribution in [0, 0.1) is 13.8 Å². The molecule has 0 aromatic carbocycles. The van der Waals surface area contributed by atoms with Crippen molar-refractivity contribution in [1.29, 1.82) is 0 Å². The molecule has 3 rings (SSSR count). The van der Waals surface area contributed by atoms with Gasteiger partial charge in [-0.05, 0) is 20.8 Å². The van der Waals surface area contributed by atoms with Crippen molar-refractivity contribution in [3.8, 4) is 0 Å². The lowest BCUT2D eigenvalue weighted by molar-refractivity contribution is 0.826. The molecule has 0 aliphatic rings. The molecule has 0 saturated heterocycles. The van der Waals surface area contributed by atoms with Crippen LogP contribution < -0.4 is 5.32 Å². The number of rotatable bonds is 3. The Labute approximate surface area is 114 Å². The van der Waals surface area contributed by atoms with E-state index in [1.54, 1.807) is 15.9 Å². The van der Waals surface area contributed by atoms with Gasteiger partial charge in [-0.1, -0.05) is 0 Å². The SMILES string of the molecule is Cc1csc(C(C)Nc2cc(C)nc3ncnn23)n1. The monoisotopic (exact) mass is 274 g/mol. The molecule has 19 heavy (non-hydrogen) atoms. The molecular formula is C12H14N6S. The van der Waals surface area contributed by atoms with E-state index >= 15 is 0 Å². The molecule has 0 bridgehead atoms. The highest BCUT2D eigenvalue weighted by molar-refractivity contribution is 7.09. The summed E-state index contributed by atoms with van der Waals surface area (Å²) in [4.78, 5) is 12.9. The van der Waals surface area contributed by atoms with E-state index in [-0.39, 0.29) is 6.04 Å². The lowest BCUT2D eigenvalue weighted by atomic mass is 10.3. The summed E-state index contributed by atoms with van der Waals surface area (Å²) in [5, 5.41) is 10.7. The summed E-state index contributed by atoms with van der Waals surface area (Å²) in [6.45, 7) is 6.02. The Hall–Kier alpha value is -2.02. The predicted octanol–water partition coefficient (Wildman–Crippen LogP) is 2.37. The van der Waals surface area contributed by atoms with Crippen molar-refractivity contribution in [1.82, 2.24) is 24.6 Å². The Bertz CT molecular complexity index is 716. The van der Waals surface area contributed by atoms with Gasteiger partial charge in [-0.2, -0.15) is 14.6 Å². The molecule has 0 aliphatic heterocycles. The minimum Gasteiger partial charge on any atom is -0.361 e. The molecule has 3 aromatic heterocycles. The van der Waals surface area contributed by atoms with Gasteiger partial charge in [-0.15, -0.1) is 11.3 Å². The van der Waals surface area contributed by atoms with Crippen LogP contribution in [0.3, 0.4) is 0 Å². The van der Waals surface area contributed by atoms with E-state index in [1.165, 1.54) is 6.33 Å². The Morgan fingerprint density at radius 1 is 1.26 bits per heavy atom. The molecule has 0 amide bonds. The van der Waals surface area contributed by atoms with Crippen molar-refractivity contribution in [2.45, 2.75) is 26.8 Å². The third-order valence-electron chi connectivity index (χ3n) is 2.75. The van der Waals surface area contributed by atoms with Gasteiger partial charge in [0.1, 0.15) is 17.2 Å². The molecule has 98 valence electrons. The summed E-state index contributed by atoms with van der Waals surface area (Å²) in [6.07, 6.45) is 1.51. The van der Waals surface area contributed by atoms with E-state index in [4.69, 9.17) is 0 Å². The van der Waals surface area contributed by atoms with Crippen LogP contribution in [-0.4, -0.2) is 24.6 Å². The molecule has 0 saturated carbocycles. The maximum atomic E-state index is 4.49. The molecule has 0 radical (unpaired) electrons. The van der Waals surface area contributed by atoms with Gasteiger partial charge in [-0.3, -0.25) is 0 Å². The quantitative estimate of drug-likeness (QED) is 0.794. The van der Waals surface area contributed by atoms with Crippen molar-refractivity contribution < 1.29 is 0 Å². The standard InChI is InChI=1S/C12H14N6S/c1-7-4-10(18-12(16-7)13-6-14-18)17-9(3)11-15-8(2)5-19-11/h4-6,9,17H,1-3H3. The first kappa shape index (κ1) is 12.0. The number of anilines is 1. The largest absolute Gasteiger partial charge is 0.361 e. The van der Waals surface area contributed by atoms with Crippen LogP contribution in [0.15, 0.2) is 17.8 Å². The molecule has 1 atom stereocenters. The van der Waals surface area contributed by atoms with Crippen LogP contribution in [0.25, 0.3) is 5.78 Å². The molecule has 3 heterocycles. The first-order valence-corrected chi connectivity index (χ1v) is 6.87. The summed E-state index contributed by atoms with van der Waals surface area (Å²) in [5.41, 5.74) is 1.95. The van der Waals surface area contributed by atoms with E-state index < -0.39 is 0 Å². The number of hydrogen-bond donors (Lipinski definition) is 1. The first-order chi connectivity index (χ1) is 9.13. The maximum Gasteiger partial charge on any atom is 0.254 e. The van der Waals surface area contributed by atoms with Crippen LogP contribution in [-0.2, 0) is 0 Å². The minimum atomic E-state index is 0.118. The Balaban J connectivity index is 1.94. The second-order valence-corrected chi connectivity index (χ2v) is 5.34. The molecular weight excluding hydrogens is 260 g/mol. The molecule has 0 fully saturated rings. The van der Waals surface area contributed by atoms with Crippen LogP contribution >= 0.6 is 11.3 Å². The molecule has 6 nitrogen and oxygen atoms in total. The molecule has 7 heteroatoms. The number of aryl methyl sites for hydroxylation is 2. The average molecular weight is 274 g/mol. The third-order valence-corrected chi connectivity index (χ3v) is 3.90. The Morgan fingerprint density at radius 3 is 2.84 bits per heavy atom. The van der Waals surface area contributed by atoms with E-state index in [0.29, 0.717) is 5.78 Å². The van der Waals surface area contributed by atoms with E-state index in [0.717, 1.165) is 22.2 Å². The van der Waals surface area contributed by atoms with Crippen molar-refractivity contribution in [2.24, 2.45) is 0 Å². The maximum absolute atomic E-state index is 4.49. The molecule has 0 aliphatic carbocycles. The zero-order chi connectivity index (χ0) is 13.4. The second-order valence-electron chi connectivity index (χ2n) is 4.45. The normalized spacial score (nSPS) is 12.8. The topological polar surface area (TPSA) is 68.0 Å². The summed E-state index contributed by atoms with van der Waals surface area (Å²) in [5.74, 6) is 1.48. The summed E-state index contributed by atoms with van der Waals surface area (Å²) < 4.78 is 1.70. The van der Waals surface area contributed by atoms with E-state index in [1.807, 2.05) is 19.9 Å². The average Bonchev–Trinajstić information content (AvgIpc) is 2.97. The number of nitrogens with one attached hydrogen (secondary N) is 1. The number of thiazole rings is 1. The van der Waals surface area contributed by atoms with Gasteiger partial charge in [0.15, 0.2) is 0 Å². The fraction of sp³-hybridized carbons (Fsp3) is 0.333. The molecule has 1 unspecified atom stereocenters. The number of aromatic nitrogens is 5. The van der Waals surface area contributed by atoms with Crippen LogP contribution in [0.4, 0.5) is 5.82 Å². The Morgan fingerprint density at radius 2 is 2.11 bits per heavy atom. The van der Waals surface area contributed by atoms with Gasteiger partial charge < -0.3 is 5.32 Å². The van der Waals surface area contributed by atoms with Crippen molar-refractivity contribution >= 4 is 22.9 Å². The summed E-state index contributed by atoms with van der Waals surface area (Å²) in [6, 6.07) is 2.08. The van der Waals surface area contributed by atoms with Gasteiger partial charge in [0, 0.05) is 22.8 Å². The lowest BCUT2D eigenvalue weighted by Crippen LogP contribution is -2.11. The van der Waals surface area contributed by atoms with Crippen molar-refractivity contribution in [3.63, 3.8) is 0 Å². The molecule has 1 N–H and O–H groups in total. The van der Waals surface area contributed by atoms with Gasteiger partial charge in [0.25, 0.3) is 5.78 Å². The van der Waals surface area contributed by atoms with Gasteiger partial charge in [0.2, 0.25) is 0 Å². The van der Waals surface area contributed by atoms with E-state index in [2.05, 4.69) is 37.7 Å². The number of fused-ring (bicyclic) bond motifs is 1. The molecule has 3 aromatic rings. The Kier molecular flexibility index (Phi) is 2.90. The highest BCUT2D eigenvalue weighted by atomic mass is 32.1. The summed E-state index contributed by atoms with van der Waals surface area (Å²) >= 11 is 1.65. The summed E-state index contributed by atoms with van der Waals surface area (Å²) in [7, 11) is 0. The fourth-order valence-corrected chi connectivity index (χ4v) is 2.69. The first-order valence-electron chi connectivity index (χ1n) is 5.99. The molecule has 0 spiro atoms. The lowest BCUT2D eigenvalue weighted by Gasteiger charge is -2.13. The number of nitrogens with zero attached hydrogens (tertiary/aromatic N) is 5. The highest BCUT2D eigenvalue weighted by Gasteiger charge is 2.12. The van der Waals surface area contributed by atoms with Crippen molar-refractivity contribution in [3.05, 3.63) is 34.2 Å². The van der Waals surface area contributed by atoms with Crippen LogP contribution in [0.5, 0.6) is 0 Å². The van der Waals surface area contributed by atoms with E-state index in [9.17, 15) is 0 Å². The zero-order valence-electron chi connectivity index (χ0n) is 11.0. The highest BCUT2D eigenvalue weighted by Crippen LogP contribution is 2.22. The van der Waals surface area contributed by atoms with Crippen molar-refractivity contribution in [2.75, 3.05) is 5.32 Å². The van der Waals surface area contributed by atoms with Gasteiger partial charge >= 0.3 is 0 Å². The zero-order valence-corrected chi connectivity index (χ0v) is 11.8. The smallest absolute Gasteiger partial charge is 0.254 e. The second kappa shape index (κ2) is 4.58. The number of hydrogen-bond acceptors (Lipinski definition) is 6. The van der Waals surface area contributed by atoms with Gasteiger partial charge in [-0.25, -0.2) is 9.97 Å². The van der Waals surface area contributed by atoms with Crippen LogP contribution in [0.1, 0.15) is 29.4 Å². The van der Waals surface area contributed by atoms with Crippen LogP contribution in [0.2, 0.25) is 0 Å². The third kappa shape index (κ3) is 2.28.